The lowest BCUT2D eigenvalue weighted by Gasteiger charge is -2.04. The predicted octanol–water partition coefficient (Wildman–Crippen LogP) is 3.01. The number of hydrogen-bond acceptors (Lipinski definition) is 3. The normalized spacial score (nSPS) is 11.3. The van der Waals surface area contributed by atoms with Gasteiger partial charge in [-0.2, -0.15) is 0 Å². The minimum Gasteiger partial charge on any atom is -0.462 e. The van der Waals surface area contributed by atoms with E-state index in [1.165, 1.54) is 5.56 Å². The van der Waals surface area contributed by atoms with Crippen LogP contribution in [0.15, 0.2) is 10.5 Å². The summed E-state index contributed by atoms with van der Waals surface area (Å²) in [6, 6.07) is 2.06. The van der Waals surface area contributed by atoms with Crippen molar-refractivity contribution < 1.29 is 9.15 Å². The monoisotopic (exact) mass is 225 g/mol. The second-order valence-electron chi connectivity index (χ2n) is 4.36. The van der Waals surface area contributed by atoms with Crippen molar-refractivity contribution in [3.8, 4) is 0 Å². The van der Waals surface area contributed by atoms with Gasteiger partial charge in [0.2, 0.25) is 0 Å². The van der Waals surface area contributed by atoms with Crippen LogP contribution in [0.2, 0.25) is 0 Å². The molecule has 0 spiro atoms. The summed E-state index contributed by atoms with van der Waals surface area (Å²) in [7, 11) is 0. The van der Waals surface area contributed by atoms with Crippen molar-refractivity contribution in [3.05, 3.63) is 23.2 Å². The van der Waals surface area contributed by atoms with Crippen molar-refractivity contribution in [1.82, 2.24) is 5.32 Å². The lowest BCUT2D eigenvalue weighted by molar-refractivity contribution is 0.0538. The molecule has 0 aliphatic carbocycles. The Hall–Kier alpha value is -0.800. The summed E-state index contributed by atoms with van der Waals surface area (Å²) in [6.45, 7) is 10.7. The summed E-state index contributed by atoms with van der Waals surface area (Å²) in [6.07, 6.45) is 1.38. The molecule has 0 aliphatic heterocycles. The molecule has 0 fully saturated rings. The van der Waals surface area contributed by atoms with Gasteiger partial charge in [-0.3, -0.25) is 0 Å². The van der Waals surface area contributed by atoms with E-state index < -0.39 is 0 Å². The first-order valence-electron chi connectivity index (χ1n) is 6.04. The largest absolute Gasteiger partial charge is 0.462 e. The van der Waals surface area contributed by atoms with Gasteiger partial charge >= 0.3 is 0 Å². The third-order valence-corrected chi connectivity index (χ3v) is 2.34. The Morgan fingerprint density at radius 3 is 2.81 bits per heavy atom. The molecule has 0 saturated carbocycles. The van der Waals surface area contributed by atoms with E-state index in [-0.39, 0.29) is 6.10 Å². The molecule has 1 heterocycles. The maximum Gasteiger partial charge on any atom is 0.130 e. The number of aryl methyl sites for hydroxylation is 1. The fourth-order valence-corrected chi connectivity index (χ4v) is 1.46. The first-order chi connectivity index (χ1) is 7.63. The van der Waals surface area contributed by atoms with Crippen LogP contribution in [0.5, 0.6) is 0 Å². The molecule has 92 valence electrons. The molecule has 1 aromatic rings. The second-order valence-corrected chi connectivity index (χ2v) is 4.36. The van der Waals surface area contributed by atoms with Crippen LogP contribution in [0.3, 0.4) is 0 Å². The molecular weight excluding hydrogens is 202 g/mol. The summed E-state index contributed by atoms with van der Waals surface area (Å²) < 4.78 is 11.2. The highest BCUT2D eigenvalue weighted by Crippen LogP contribution is 2.15. The van der Waals surface area contributed by atoms with Gasteiger partial charge in [-0.1, -0.05) is 6.92 Å². The van der Waals surface area contributed by atoms with Crippen LogP contribution < -0.4 is 5.32 Å². The van der Waals surface area contributed by atoms with Crippen LogP contribution in [-0.4, -0.2) is 12.6 Å². The maximum absolute atomic E-state index is 5.72. The van der Waals surface area contributed by atoms with E-state index in [1.54, 1.807) is 0 Å². The summed E-state index contributed by atoms with van der Waals surface area (Å²) in [4.78, 5) is 0. The summed E-state index contributed by atoms with van der Waals surface area (Å²) in [5, 5.41) is 3.34. The summed E-state index contributed by atoms with van der Waals surface area (Å²) >= 11 is 0. The fraction of sp³-hybridized carbons (Fsp3) is 0.692. The number of ether oxygens (including phenoxy) is 1. The Balaban J connectivity index is 2.46. The van der Waals surface area contributed by atoms with Crippen LogP contribution in [-0.2, 0) is 17.9 Å². The van der Waals surface area contributed by atoms with Crippen molar-refractivity contribution in [2.45, 2.75) is 53.4 Å². The van der Waals surface area contributed by atoms with Crippen LogP contribution >= 0.6 is 0 Å². The standard InChI is InChI=1S/C13H23NO2/c1-5-6-14-8-13-11(4)7-12(16-13)9-15-10(2)3/h7,10,14H,5-6,8-9H2,1-4H3. The lowest BCUT2D eigenvalue weighted by atomic mass is 10.2. The highest BCUT2D eigenvalue weighted by Gasteiger charge is 2.07. The van der Waals surface area contributed by atoms with E-state index in [1.807, 2.05) is 13.8 Å². The van der Waals surface area contributed by atoms with Crippen molar-refractivity contribution in [2.24, 2.45) is 0 Å². The molecule has 1 aromatic heterocycles. The zero-order chi connectivity index (χ0) is 12.0. The highest BCUT2D eigenvalue weighted by atomic mass is 16.5. The van der Waals surface area contributed by atoms with Crippen molar-refractivity contribution in [3.63, 3.8) is 0 Å². The minimum absolute atomic E-state index is 0.243. The maximum atomic E-state index is 5.72. The number of hydrogen-bond donors (Lipinski definition) is 1. The van der Waals surface area contributed by atoms with Crippen LogP contribution in [0, 0.1) is 6.92 Å². The van der Waals surface area contributed by atoms with Gasteiger partial charge < -0.3 is 14.5 Å². The van der Waals surface area contributed by atoms with E-state index in [2.05, 4.69) is 25.2 Å². The molecule has 0 saturated heterocycles. The summed E-state index contributed by atoms with van der Waals surface area (Å²) in [5.41, 5.74) is 1.20. The molecule has 1 rings (SSSR count). The third-order valence-electron chi connectivity index (χ3n) is 2.34. The Kier molecular flexibility index (Phi) is 5.56. The van der Waals surface area contributed by atoms with Crippen molar-refractivity contribution in [2.75, 3.05) is 6.54 Å². The predicted molar refractivity (Wildman–Crippen MR) is 65.4 cm³/mol. The molecule has 0 aliphatic rings. The Labute approximate surface area is 98.2 Å². The molecule has 0 aromatic carbocycles. The van der Waals surface area contributed by atoms with Gasteiger partial charge in [-0.25, -0.2) is 0 Å². The molecule has 3 nitrogen and oxygen atoms in total. The van der Waals surface area contributed by atoms with Gasteiger partial charge in [0.25, 0.3) is 0 Å². The van der Waals surface area contributed by atoms with E-state index in [0.717, 1.165) is 31.0 Å². The van der Waals surface area contributed by atoms with E-state index in [4.69, 9.17) is 9.15 Å². The first-order valence-corrected chi connectivity index (χ1v) is 6.04. The molecule has 0 unspecified atom stereocenters. The van der Waals surface area contributed by atoms with Gasteiger partial charge in [0.05, 0.1) is 12.6 Å². The molecule has 0 atom stereocenters. The molecule has 1 N–H and O–H groups in total. The van der Waals surface area contributed by atoms with Crippen LogP contribution in [0.1, 0.15) is 44.3 Å². The Morgan fingerprint density at radius 2 is 2.19 bits per heavy atom. The lowest BCUT2D eigenvalue weighted by Crippen LogP contribution is -2.13. The average Bonchev–Trinajstić information content (AvgIpc) is 2.57. The molecule has 16 heavy (non-hydrogen) atoms. The van der Waals surface area contributed by atoms with Crippen LogP contribution in [0.4, 0.5) is 0 Å². The van der Waals surface area contributed by atoms with Gasteiger partial charge in [-0.05, 0) is 45.4 Å². The van der Waals surface area contributed by atoms with Gasteiger partial charge in [0.1, 0.15) is 18.1 Å². The first kappa shape index (κ1) is 13.3. The van der Waals surface area contributed by atoms with Crippen LogP contribution in [0.25, 0.3) is 0 Å². The Morgan fingerprint density at radius 1 is 1.44 bits per heavy atom. The molecule has 0 amide bonds. The Bertz CT molecular complexity index is 305. The van der Waals surface area contributed by atoms with E-state index >= 15 is 0 Å². The smallest absolute Gasteiger partial charge is 0.130 e. The molecule has 0 radical (unpaired) electrons. The van der Waals surface area contributed by atoms with Gasteiger partial charge in [0.15, 0.2) is 0 Å². The fourth-order valence-electron chi connectivity index (χ4n) is 1.46. The van der Waals surface area contributed by atoms with E-state index in [0.29, 0.717) is 6.61 Å². The highest BCUT2D eigenvalue weighted by molar-refractivity contribution is 5.19. The minimum atomic E-state index is 0.243. The summed E-state index contributed by atoms with van der Waals surface area (Å²) in [5.74, 6) is 1.94. The van der Waals surface area contributed by atoms with Gasteiger partial charge in [-0.15, -0.1) is 0 Å². The number of nitrogens with one attached hydrogen (secondary N) is 1. The number of rotatable bonds is 7. The van der Waals surface area contributed by atoms with Crippen molar-refractivity contribution >= 4 is 0 Å². The molecular formula is C13H23NO2. The molecule has 3 heteroatoms. The van der Waals surface area contributed by atoms with Gasteiger partial charge in [0, 0.05) is 0 Å². The second kappa shape index (κ2) is 6.71. The number of furan rings is 1. The third kappa shape index (κ3) is 4.37. The molecule has 0 bridgehead atoms. The average molecular weight is 225 g/mol. The van der Waals surface area contributed by atoms with E-state index in [9.17, 15) is 0 Å². The topological polar surface area (TPSA) is 34.4 Å². The van der Waals surface area contributed by atoms with Crippen molar-refractivity contribution in [1.29, 1.82) is 0 Å². The zero-order valence-electron chi connectivity index (χ0n) is 10.8. The quantitative estimate of drug-likeness (QED) is 0.724. The SMILES string of the molecule is CCCNCc1oc(COC(C)C)cc1C. The zero-order valence-corrected chi connectivity index (χ0v) is 10.8.